The zero-order chi connectivity index (χ0) is 19.8. The number of halogens is 1. The summed E-state index contributed by atoms with van der Waals surface area (Å²) in [5.41, 5.74) is 1.98. The second kappa shape index (κ2) is 12.0. The van der Waals surface area contributed by atoms with Crippen LogP contribution in [0.5, 0.6) is 5.75 Å². The van der Waals surface area contributed by atoms with Crippen molar-refractivity contribution in [3.8, 4) is 11.4 Å². The van der Waals surface area contributed by atoms with Crippen molar-refractivity contribution in [2.45, 2.75) is 38.8 Å². The van der Waals surface area contributed by atoms with Crippen molar-refractivity contribution < 1.29 is 4.74 Å². The predicted molar refractivity (Wildman–Crippen MR) is 129 cm³/mol. The van der Waals surface area contributed by atoms with Crippen molar-refractivity contribution in [3.05, 3.63) is 42.2 Å². The van der Waals surface area contributed by atoms with E-state index in [1.54, 1.807) is 7.11 Å². The molecule has 29 heavy (non-hydrogen) atoms. The number of hydrogen-bond donors (Lipinski definition) is 2. The lowest BCUT2D eigenvalue weighted by atomic mass is 10.1. The fourth-order valence-corrected chi connectivity index (χ4v) is 3.51. The van der Waals surface area contributed by atoms with Crippen molar-refractivity contribution in [3.63, 3.8) is 0 Å². The first-order valence-electron chi connectivity index (χ1n) is 10.1. The number of guanidine groups is 1. The van der Waals surface area contributed by atoms with Gasteiger partial charge in [0, 0.05) is 32.4 Å². The number of aliphatic imine (C=N–C) groups is 1. The Morgan fingerprint density at radius 2 is 1.93 bits per heavy atom. The highest BCUT2D eigenvalue weighted by molar-refractivity contribution is 14.0. The van der Waals surface area contributed by atoms with Crippen LogP contribution < -0.4 is 15.4 Å². The number of ether oxygens (including phenoxy) is 1. The number of aromatic nitrogens is 2. The largest absolute Gasteiger partial charge is 0.497 e. The second-order valence-electron chi connectivity index (χ2n) is 7.14. The van der Waals surface area contributed by atoms with E-state index in [0.717, 1.165) is 49.0 Å². The lowest BCUT2D eigenvalue weighted by molar-refractivity contribution is 0.206. The van der Waals surface area contributed by atoms with Crippen molar-refractivity contribution in [2.24, 2.45) is 4.99 Å². The van der Waals surface area contributed by atoms with Crippen LogP contribution in [0.1, 0.15) is 31.9 Å². The van der Waals surface area contributed by atoms with E-state index >= 15 is 0 Å². The number of nitrogens with one attached hydrogen (secondary N) is 2. The molecular formula is C21H33IN6O. The van der Waals surface area contributed by atoms with Gasteiger partial charge >= 0.3 is 0 Å². The molecule has 0 saturated carbocycles. The van der Waals surface area contributed by atoms with Gasteiger partial charge in [0.25, 0.3) is 0 Å². The van der Waals surface area contributed by atoms with Gasteiger partial charge in [-0.1, -0.05) is 6.92 Å². The summed E-state index contributed by atoms with van der Waals surface area (Å²) in [5, 5.41) is 11.6. The van der Waals surface area contributed by atoms with Crippen LogP contribution in [0.25, 0.3) is 5.69 Å². The molecule has 160 valence electrons. The van der Waals surface area contributed by atoms with Gasteiger partial charge in [-0.3, -0.25) is 4.99 Å². The summed E-state index contributed by atoms with van der Waals surface area (Å²) in [5.74, 6) is 1.68. The summed E-state index contributed by atoms with van der Waals surface area (Å²) in [6.45, 7) is 6.41. The lowest BCUT2D eigenvalue weighted by Gasteiger charge is -2.32. The predicted octanol–water partition coefficient (Wildman–Crippen LogP) is 3.04. The van der Waals surface area contributed by atoms with Gasteiger partial charge in [0.15, 0.2) is 5.96 Å². The third kappa shape index (κ3) is 6.88. The molecule has 8 heteroatoms. The summed E-state index contributed by atoms with van der Waals surface area (Å²) in [4.78, 5) is 6.91. The Balaban J connectivity index is 0.00000300. The Labute approximate surface area is 190 Å². The quantitative estimate of drug-likeness (QED) is 0.339. The molecule has 0 bridgehead atoms. The summed E-state index contributed by atoms with van der Waals surface area (Å²) in [6, 6.07) is 10.4. The van der Waals surface area contributed by atoms with Crippen LogP contribution >= 0.6 is 24.0 Å². The molecule has 1 saturated heterocycles. The van der Waals surface area contributed by atoms with Gasteiger partial charge < -0.3 is 20.3 Å². The number of nitrogens with zero attached hydrogens (tertiary/aromatic N) is 4. The number of hydrogen-bond acceptors (Lipinski definition) is 4. The fourth-order valence-electron chi connectivity index (χ4n) is 3.51. The van der Waals surface area contributed by atoms with Crippen molar-refractivity contribution >= 4 is 29.9 Å². The molecule has 0 radical (unpaired) electrons. The van der Waals surface area contributed by atoms with Crippen molar-refractivity contribution in [1.82, 2.24) is 25.3 Å². The normalized spacial score (nSPS) is 15.6. The van der Waals surface area contributed by atoms with Crippen LogP contribution in [-0.4, -0.2) is 60.5 Å². The molecule has 2 heterocycles. The summed E-state index contributed by atoms with van der Waals surface area (Å²) in [7, 11) is 3.49. The van der Waals surface area contributed by atoms with Gasteiger partial charge in [-0.2, -0.15) is 5.10 Å². The van der Waals surface area contributed by atoms with E-state index in [9.17, 15) is 0 Å². The van der Waals surface area contributed by atoms with Crippen LogP contribution in [0.3, 0.4) is 0 Å². The average molecular weight is 512 g/mol. The highest BCUT2D eigenvalue weighted by atomic mass is 127. The Morgan fingerprint density at radius 1 is 1.21 bits per heavy atom. The minimum atomic E-state index is 0. The number of rotatable bonds is 7. The Hall–Kier alpha value is -1.81. The number of likely N-dealkylation sites (tertiary alicyclic amines) is 1. The van der Waals surface area contributed by atoms with Crippen molar-refractivity contribution in [2.75, 3.05) is 33.8 Å². The molecule has 1 aliphatic rings. The van der Waals surface area contributed by atoms with Gasteiger partial charge in [-0.15, -0.1) is 24.0 Å². The summed E-state index contributed by atoms with van der Waals surface area (Å²) >= 11 is 0. The molecule has 0 spiro atoms. The van der Waals surface area contributed by atoms with Gasteiger partial charge in [0.05, 0.1) is 25.0 Å². The van der Waals surface area contributed by atoms with E-state index in [4.69, 9.17) is 4.74 Å². The fraction of sp³-hybridized carbons (Fsp3) is 0.524. The maximum Gasteiger partial charge on any atom is 0.191 e. The first kappa shape index (κ1) is 23.5. The van der Waals surface area contributed by atoms with E-state index in [1.807, 2.05) is 48.3 Å². The molecule has 1 aliphatic heterocycles. The lowest BCUT2D eigenvalue weighted by Crippen LogP contribution is -2.48. The second-order valence-corrected chi connectivity index (χ2v) is 7.14. The average Bonchev–Trinajstić information content (AvgIpc) is 3.21. The van der Waals surface area contributed by atoms with Crippen LogP contribution in [0.4, 0.5) is 0 Å². The minimum absolute atomic E-state index is 0. The standard InChI is InChI=1S/C21H32N6O.HI/c1-4-12-26-13-9-17(10-14-26)24-21(22-2)23-16-18-11-15-27(25-18)19-5-7-20(28-3)8-6-19;/h5-8,11,15,17H,4,9-10,12-14,16H2,1-3H3,(H2,22,23,24);1H. The molecule has 0 aliphatic carbocycles. The van der Waals surface area contributed by atoms with E-state index < -0.39 is 0 Å². The molecule has 7 nitrogen and oxygen atoms in total. The zero-order valence-corrected chi connectivity index (χ0v) is 19.9. The SMILES string of the molecule is CCCN1CCC(NC(=NC)NCc2ccn(-c3ccc(OC)cc3)n2)CC1.I. The third-order valence-corrected chi connectivity index (χ3v) is 5.11. The molecule has 0 unspecified atom stereocenters. The molecule has 3 rings (SSSR count). The number of piperidine rings is 1. The van der Waals surface area contributed by atoms with Gasteiger partial charge in [-0.25, -0.2) is 4.68 Å². The van der Waals surface area contributed by atoms with Gasteiger partial charge in [-0.05, 0) is 56.1 Å². The summed E-state index contributed by atoms with van der Waals surface area (Å²) in [6.07, 6.45) is 5.52. The smallest absolute Gasteiger partial charge is 0.191 e. The Bertz CT molecular complexity index is 753. The van der Waals surface area contributed by atoms with Crippen LogP contribution in [-0.2, 0) is 6.54 Å². The molecular weight excluding hydrogens is 479 g/mol. The Kier molecular flexibility index (Phi) is 9.72. The topological polar surface area (TPSA) is 66.7 Å². The van der Waals surface area contributed by atoms with E-state index in [0.29, 0.717) is 12.6 Å². The minimum Gasteiger partial charge on any atom is -0.497 e. The van der Waals surface area contributed by atoms with Gasteiger partial charge in [0.1, 0.15) is 5.75 Å². The number of methoxy groups -OCH3 is 1. The molecule has 2 aromatic rings. The highest BCUT2D eigenvalue weighted by Crippen LogP contribution is 2.14. The molecule has 0 amide bonds. The van der Waals surface area contributed by atoms with Gasteiger partial charge in [0.2, 0.25) is 0 Å². The van der Waals surface area contributed by atoms with Crippen LogP contribution in [0.2, 0.25) is 0 Å². The van der Waals surface area contributed by atoms with Crippen molar-refractivity contribution in [1.29, 1.82) is 0 Å². The van der Waals surface area contributed by atoms with E-state index in [1.165, 1.54) is 13.0 Å². The maximum absolute atomic E-state index is 5.21. The van der Waals surface area contributed by atoms with E-state index in [2.05, 4.69) is 32.5 Å². The summed E-state index contributed by atoms with van der Waals surface area (Å²) < 4.78 is 7.08. The molecule has 1 aromatic heterocycles. The highest BCUT2D eigenvalue weighted by Gasteiger charge is 2.19. The third-order valence-electron chi connectivity index (χ3n) is 5.11. The maximum atomic E-state index is 5.21. The van der Waals surface area contributed by atoms with E-state index in [-0.39, 0.29) is 24.0 Å². The first-order chi connectivity index (χ1) is 13.7. The zero-order valence-electron chi connectivity index (χ0n) is 17.6. The molecule has 1 fully saturated rings. The first-order valence-corrected chi connectivity index (χ1v) is 10.1. The molecule has 2 N–H and O–H groups in total. The Morgan fingerprint density at radius 3 is 2.55 bits per heavy atom. The van der Waals surface area contributed by atoms with Crippen LogP contribution in [0, 0.1) is 0 Å². The molecule has 1 aromatic carbocycles. The molecule has 0 atom stereocenters. The van der Waals surface area contributed by atoms with Crippen LogP contribution in [0.15, 0.2) is 41.5 Å². The number of benzene rings is 1. The monoisotopic (exact) mass is 512 g/mol.